The molecule has 1 saturated heterocycles. The Morgan fingerprint density at radius 2 is 1.91 bits per heavy atom. The van der Waals surface area contributed by atoms with Crippen LogP contribution in [0.3, 0.4) is 0 Å². The topological polar surface area (TPSA) is 67.6 Å². The second kappa shape index (κ2) is 3.10. The second-order valence-electron chi connectivity index (χ2n) is 2.36. The van der Waals surface area contributed by atoms with Crippen molar-refractivity contribution in [3.63, 3.8) is 0 Å². The quantitative estimate of drug-likeness (QED) is 0.490. The van der Waals surface area contributed by atoms with Gasteiger partial charge in [0.2, 0.25) is 0 Å². The number of rotatable bonds is 0. The van der Waals surface area contributed by atoms with Gasteiger partial charge >= 0.3 is 6.09 Å². The van der Waals surface area contributed by atoms with Crippen molar-refractivity contribution in [3.05, 3.63) is 0 Å². The number of amides is 1. The fourth-order valence-electron chi connectivity index (χ4n) is 0.998. The first-order valence-electron chi connectivity index (χ1n) is 3.36. The molecule has 0 atom stereocenters. The Labute approximate surface area is 64.4 Å². The lowest BCUT2D eigenvalue weighted by atomic mass is 10.3. The van der Waals surface area contributed by atoms with Crippen LogP contribution in [0.15, 0.2) is 0 Å². The molecule has 0 bridgehead atoms. The molecule has 1 aliphatic rings. The summed E-state index contributed by atoms with van der Waals surface area (Å²) >= 11 is 0. The first-order valence-corrected chi connectivity index (χ1v) is 3.36. The van der Waals surface area contributed by atoms with Crippen LogP contribution in [-0.2, 0) is 0 Å². The molecule has 0 aromatic rings. The highest BCUT2D eigenvalue weighted by Gasteiger charge is 2.18. The number of carbonyl (C=O) groups is 1. The van der Waals surface area contributed by atoms with Crippen LogP contribution in [0.5, 0.6) is 0 Å². The summed E-state index contributed by atoms with van der Waals surface area (Å²) in [5, 5.41) is 16.9. The van der Waals surface area contributed by atoms with Gasteiger partial charge in [-0.25, -0.2) is 4.79 Å². The van der Waals surface area contributed by atoms with E-state index in [0.29, 0.717) is 26.2 Å². The second-order valence-corrected chi connectivity index (χ2v) is 2.36. The molecule has 0 saturated carbocycles. The first kappa shape index (κ1) is 7.66. The molecule has 0 aromatic heterocycles. The molecule has 0 radical (unpaired) electrons. The molecule has 11 heavy (non-hydrogen) atoms. The van der Waals surface area contributed by atoms with Crippen molar-refractivity contribution in [3.8, 4) is 6.19 Å². The smallest absolute Gasteiger partial charge is 0.407 e. The Hall–Kier alpha value is -1.44. The van der Waals surface area contributed by atoms with Gasteiger partial charge < -0.3 is 14.9 Å². The minimum atomic E-state index is -0.900. The van der Waals surface area contributed by atoms with Gasteiger partial charge in [0.1, 0.15) is 0 Å². The van der Waals surface area contributed by atoms with Gasteiger partial charge in [-0.2, -0.15) is 5.26 Å². The van der Waals surface area contributed by atoms with Gasteiger partial charge in [-0.15, -0.1) is 0 Å². The SMILES string of the molecule is N#CN1CCN(C(=O)O)CC1. The van der Waals surface area contributed by atoms with E-state index in [2.05, 4.69) is 0 Å². The third kappa shape index (κ3) is 1.74. The highest BCUT2D eigenvalue weighted by Crippen LogP contribution is 1.99. The molecular formula is C6H9N3O2. The Morgan fingerprint density at radius 3 is 2.27 bits per heavy atom. The van der Waals surface area contributed by atoms with Gasteiger partial charge in [0.05, 0.1) is 0 Å². The minimum Gasteiger partial charge on any atom is -0.465 e. The van der Waals surface area contributed by atoms with Crippen LogP contribution < -0.4 is 0 Å². The average molecular weight is 155 g/mol. The van der Waals surface area contributed by atoms with Crippen molar-refractivity contribution in [2.45, 2.75) is 0 Å². The standard InChI is InChI=1S/C6H9N3O2/c7-5-8-1-3-9(4-2-8)6(10)11/h1-4H2,(H,10,11). The Morgan fingerprint density at radius 1 is 1.36 bits per heavy atom. The van der Waals surface area contributed by atoms with E-state index in [-0.39, 0.29) is 0 Å². The third-order valence-electron chi connectivity index (χ3n) is 1.69. The maximum absolute atomic E-state index is 10.4. The lowest BCUT2D eigenvalue weighted by molar-refractivity contribution is 0.122. The van der Waals surface area contributed by atoms with E-state index >= 15 is 0 Å². The van der Waals surface area contributed by atoms with E-state index in [0.717, 1.165) is 0 Å². The van der Waals surface area contributed by atoms with Crippen LogP contribution in [0.2, 0.25) is 0 Å². The van der Waals surface area contributed by atoms with E-state index in [1.54, 1.807) is 4.90 Å². The molecule has 1 amide bonds. The largest absolute Gasteiger partial charge is 0.465 e. The summed E-state index contributed by atoms with van der Waals surface area (Å²) < 4.78 is 0. The number of carboxylic acid groups (broad SMARTS) is 1. The molecule has 1 N–H and O–H groups in total. The van der Waals surface area contributed by atoms with Gasteiger partial charge in [0.25, 0.3) is 0 Å². The highest BCUT2D eigenvalue weighted by molar-refractivity contribution is 5.65. The molecule has 5 heteroatoms. The number of piperazine rings is 1. The number of hydrogen-bond acceptors (Lipinski definition) is 3. The fraction of sp³-hybridized carbons (Fsp3) is 0.667. The van der Waals surface area contributed by atoms with Crippen LogP contribution >= 0.6 is 0 Å². The molecule has 0 unspecified atom stereocenters. The molecule has 5 nitrogen and oxygen atoms in total. The van der Waals surface area contributed by atoms with Gasteiger partial charge in [0, 0.05) is 26.2 Å². The maximum atomic E-state index is 10.4. The zero-order chi connectivity index (χ0) is 8.27. The lowest BCUT2D eigenvalue weighted by Crippen LogP contribution is -2.46. The number of nitriles is 1. The van der Waals surface area contributed by atoms with E-state index in [1.807, 2.05) is 6.19 Å². The van der Waals surface area contributed by atoms with Crippen LogP contribution in [0.4, 0.5) is 4.79 Å². The van der Waals surface area contributed by atoms with Crippen molar-refractivity contribution >= 4 is 6.09 Å². The van der Waals surface area contributed by atoms with Gasteiger partial charge in [-0.3, -0.25) is 0 Å². The summed E-state index contributed by atoms with van der Waals surface area (Å²) in [5.74, 6) is 0. The molecule has 1 rings (SSSR count). The monoisotopic (exact) mass is 155 g/mol. The Bertz CT molecular complexity index is 190. The summed E-state index contributed by atoms with van der Waals surface area (Å²) in [5.41, 5.74) is 0. The average Bonchev–Trinajstić information content (AvgIpc) is 2.05. The number of nitrogens with zero attached hydrogens (tertiary/aromatic N) is 3. The highest BCUT2D eigenvalue weighted by atomic mass is 16.4. The van der Waals surface area contributed by atoms with E-state index in [9.17, 15) is 4.79 Å². The maximum Gasteiger partial charge on any atom is 0.407 e. The Balaban J connectivity index is 2.37. The number of hydrogen-bond donors (Lipinski definition) is 1. The molecule has 0 aliphatic carbocycles. The fourth-order valence-corrected chi connectivity index (χ4v) is 0.998. The predicted molar refractivity (Wildman–Crippen MR) is 36.8 cm³/mol. The molecule has 0 aromatic carbocycles. The van der Waals surface area contributed by atoms with Crippen molar-refractivity contribution < 1.29 is 9.90 Å². The van der Waals surface area contributed by atoms with Crippen molar-refractivity contribution in [1.29, 1.82) is 5.26 Å². The normalized spacial score (nSPS) is 17.7. The lowest BCUT2D eigenvalue weighted by Gasteiger charge is -2.29. The zero-order valence-electron chi connectivity index (χ0n) is 6.03. The third-order valence-corrected chi connectivity index (χ3v) is 1.69. The van der Waals surface area contributed by atoms with Crippen LogP contribution in [0.1, 0.15) is 0 Å². The van der Waals surface area contributed by atoms with E-state index < -0.39 is 6.09 Å². The van der Waals surface area contributed by atoms with Crippen LogP contribution in [0, 0.1) is 11.5 Å². The molecule has 1 heterocycles. The predicted octanol–water partition coefficient (Wildman–Crippen LogP) is -0.237. The minimum absolute atomic E-state index is 0.433. The molecule has 1 aliphatic heterocycles. The van der Waals surface area contributed by atoms with Crippen molar-refractivity contribution in [1.82, 2.24) is 9.80 Å². The zero-order valence-corrected chi connectivity index (χ0v) is 6.03. The summed E-state index contributed by atoms with van der Waals surface area (Å²) in [7, 11) is 0. The molecule has 0 spiro atoms. The van der Waals surface area contributed by atoms with Crippen molar-refractivity contribution in [2.75, 3.05) is 26.2 Å². The van der Waals surface area contributed by atoms with Gasteiger partial charge in [0.15, 0.2) is 6.19 Å². The van der Waals surface area contributed by atoms with Gasteiger partial charge in [-0.1, -0.05) is 0 Å². The summed E-state index contributed by atoms with van der Waals surface area (Å²) in [6.07, 6.45) is 1.08. The molecule has 60 valence electrons. The summed E-state index contributed by atoms with van der Waals surface area (Å²) in [6.45, 7) is 1.90. The molecule has 1 fully saturated rings. The van der Waals surface area contributed by atoms with Crippen LogP contribution in [0.25, 0.3) is 0 Å². The summed E-state index contributed by atoms with van der Waals surface area (Å²) in [6, 6.07) is 0. The van der Waals surface area contributed by atoms with E-state index in [4.69, 9.17) is 10.4 Å². The Kier molecular flexibility index (Phi) is 2.16. The van der Waals surface area contributed by atoms with Gasteiger partial charge in [-0.05, 0) is 0 Å². The van der Waals surface area contributed by atoms with E-state index in [1.165, 1.54) is 4.90 Å². The van der Waals surface area contributed by atoms with Crippen molar-refractivity contribution in [2.24, 2.45) is 0 Å². The first-order chi connectivity index (χ1) is 5.24. The summed E-state index contributed by atoms with van der Waals surface area (Å²) in [4.78, 5) is 13.2. The molecular weight excluding hydrogens is 146 g/mol. The van der Waals surface area contributed by atoms with Crippen LogP contribution in [-0.4, -0.2) is 47.2 Å².